The number of morpholine rings is 1. The minimum atomic E-state index is -0.837. The summed E-state index contributed by atoms with van der Waals surface area (Å²) in [5.41, 5.74) is 0.515. The zero-order chi connectivity index (χ0) is 20.3. The van der Waals surface area contributed by atoms with Crippen LogP contribution < -0.4 is 0 Å². The molecular weight excluding hydrogens is 444 g/mol. The van der Waals surface area contributed by atoms with Crippen LogP contribution in [0.1, 0.15) is 23.6 Å². The molecule has 0 saturated carbocycles. The number of hydrogen-bond acceptors (Lipinski definition) is 4. The molecule has 1 heterocycles. The van der Waals surface area contributed by atoms with Crippen LogP contribution in [0.5, 0.6) is 0 Å². The number of halogens is 4. The van der Waals surface area contributed by atoms with Crippen LogP contribution in [-0.2, 0) is 15.1 Å². The number of aliphatic hydroxyl groups is 1. The van der Waals surface area contributed by atoms with Gasteiger partial charge in [0.2, 0.25) is 0 Å². The maximum absolute atomic E-state index is 12.0. The predicted molar refractivity (Wildman–Crippen MR) is 113 cm³/mol. The van der Waals surface area contributed by atoms with Crippen LogP contribution in [0.2, 0.25) is 20.1 Å². The van der Waals surface area contributed by atoms with Crippen LogP contribution in [0.25, 0.3) is 0 Å². The Hall–Kier alpha value is -0.850. The van der Waals surface area contributed by atoms with E-state index in [1.165, 1.54) is 0 Å². The van der Waals surface area contributed by atoms with Crippen molar-refractivity contribution in [2.75, 3.05) is 26.3 Å². The topological polar surface area (TPSA) is 49.8 Å². The Balaban J connectivity index is 1.99. The van der Waals surface area contributed by atoms with Gasteiger partial charge in [0.05, 0.1) is 22.7 Å². The quantitative estimate of drug-likeness (QED) is 0.603. The lowest BCUT2D eigenvalue weighted by molar-refractivity contribution is -0.140. The number of hydrogen-bond donors (Lipinski definition) is 1. The van der Waals surface area contributed by atoms with E-state index in [-0.39, 0.29) is 6.61 Å². The van der Waals surface area contributed by atoms with Crippen molar-refractivity contribution in [3.8, 4) is 0 Å². The maximum atomic E-state index is 12.0. The second kappa shape index (κ2) is 9.31. The highest BCUT2D eigenvalue weighted by Crippen LogP contribution is 2.40. The number of rotatable bonds is 6. The summed E-state index contributed by atoms with van der Waals surface area (Å²) in [4.78, 5) is 14.0. The number of carbonyl (C=O) groups is 1. The zero-order valence-corrected chi connectivity index (χ0v) is 17.9. The van der Waals surface area contributed by atoms with E-state index in [9.17, 15) is 9.90 Å². The van der Waals surface area contributed by atoms with E-state index in [1.54, 1.807) is 30.3 Å². The molecule has 1 fully saturated rings. The van der Waals surface area contributed by atoms with Gasteiger partial charge in [0, 0.05) is 41.7 Å². The molecule has 4 nitrogen and oxygen atoms in total. The van der Waals surface area contributed by atoms with Crippen molar-refractivity contribution in [3.63, 3.8) is 0 Å². The van der Waals surface area contributed by atoms with Crippen molar-refractivity contribution in [2.24, 2.45) is 0 Å². The van der Waals surface area contributed by atoms with Gasteiger partial charge in [0.25, 0.3) is 0 Å². The normalized spacial score (nSPS) is 21.5. The molecule has 0 radical (unpaired) electrons. The summed E-state index contributed by atoms with van der Waals surface area (Å²) in [5.74, 6) is 0. The molecule has 1 aliphatic heterocycles. The van der Waals surface area contributed by atoms with Crippen molar-refractivity contribution < 1.29 is 14.6 Å². The fourth-order valence-electron chi connectivity index (χ4n) is 3.61. The third-order valence-corrected chi connectivity index (χ3v) is 6.39. The van der Waals surface area contributed by atoms with E-state index in [1.807, 2.05) is 11.0 Å². The van der Waals surface area contributed by atoms with Crippen molar-refractivity contribution in [3.05, 3.63) is 67.6 Å². The number of carbonyl (C=O) groups excluding carboxylic acids is 1. The number of aliphatic hydroxyl groups excluding tert-OH is 1. The minimum Gasteiger partial charge on any atom is -0.396 e. The van der Waals surface area contributed by atoms with Crippen LogP contribution in [0.3, 0.4) is 0 Å². The molecule has 150 valence electrons. The molecule has 2 atom stereocenters. The van der Waals surface area contributed by atoms with E-state index < -0.39 is 11.6 Å². The average Bonchev–Trinajstić information content (AvgIpc) is 2.67. The highest BCUT2D eigenvalue weighted by Gasteiger charge is 2.41. The average molecular weight is 463 g/mol. The van der Waals surface area contributed by atoms with Gasteiger partial charge in [-0.3, -0.25) is 4.90 Å². The molecule has 0 bridgehead atoms. The Labute approximate surface area is 183 Å². The summed E-state index contributed by atoms with van der Waals surface area (Å²) in [6.07, 6.45) is 1.17. The van der Waals surface area contributed by atoms with Crippen molar-refractivity contribution in [1.82, 2.24) is 4.90 Å². The standard InChI is InChI=1S/C20H19Cl4NO3/c21-14-5-4-13(10-17(14)24)20(6-8-26)12-25(7-9-28-20)18(11-27)19-15(22)2-1-3-16(19)23/h1-5,10-11,18,26H,6-9,12H2. The van der Waals surface area contributed by atoms with Gasteiger partial charge in [-0.25, -0.2) is 0 Å². The van der Waals surface area contributed by atoms with E-state index >= 15 is 0 Å². The predicted octanol–water partition coefficient (Wildman–Crippen LogP) is 5.15. The van der Waals surface area contributed by atoms with Gasteiger partial charge in [-0.05, 0) is 29.8 Å². The smallest absolute Gasteiger partial charge is 0.141 e. The summed E-state index contributed by atoms with van der Waals surface area (Å²) in [6, 6.07) is 9.78. The Morgan fingerprint density at radius 1 is 1.11 bits per heavy atom. The van der Waals surface area contributed by atoms with Crippen LogP contribution in [0.15, 0.2) is 36.4 Å². The molecular formula is C20H19Cl4NO3. The first-order chi connectivity index (χ1) is 13.4. The Morgan fingerprint density at radius 3 is 2.43 bits per heavy atom. The summed E-state index contributed by atoms with van der Waals surface area (Å²) >= 11 is 24.9. The highest BCUT2D eigenvalue weighted by atomic mass is 35.5. The van der Waals surface area contributed by atoms with Gasteiger partial charge in [-0.15, -0.1) is 0 Å². The van der Waals surface area contributed by atoms with E-state index in [0.717, 1.165) is 11.8 Å². The molecule has 8 heteroatoms. The molecule has 1 N–H and O–H groups in total. The third-order valence-electron chi connectivity index (χ3n) is 4.99. The first-order valence-corrected chi connectivity index (χ1v) is 10.3. The maximum Gasteiger partial charge on any atom is 0.141 e. The van der Waals surface area contributed by atoms with Crippen LogP contribution in [0.4, 0.5) is 0 Å². The van der Waals surface area contributed by atoms with E-state index in [2.05, 4.69) is 0 Å². The van der Waals surface area contributed by atoms with Crippen molar-refractivity contribution in [1.29, 1.82) is 0 Å². The summed E-state index contributed by atoms with van der Waals surface area (Å²) in [6.45, 7) is 1.15. The first kappa shape index (κ1) is 21.8. The Kier molecular flexibility index (Phi) is 7.26. The Morgan fingerprint density at radius 2 is 1.82 bits per heavy atom. The number of benzene rings is 2. The van der Waals surface area contributed by atoms with Crippen molar-refractivity contribution in [2.45, 2.75) is 18.1 Å². The van der Waals surface area contributed by atoms with Crippen molar-refractivity contribution >= 4 is 52.7 Å². The largest absolute Gasteiger partial charge is 0.396 e. The summed E-state index contributed by atoms with van der Waals surface area (Å²) in [5, 5.41) is 11.4. The van der Waals surface area contributed by atoms with Gasteiger partial charge in [-0.2, -0.15) is 0 Å². The highest BCUT2D eigenvalue weighted by molar-refractivity contribution is 6.42. The molecule has 1 aliphatic rings. The molecule has 3 rings (SSSR count). The molecule has 2 aromatic carbocycles. The van der Waals surface area contributed by atoms with Gasteiger partial charge < -0.3 is 14.6 Å². The molecule has 1 saturated heterocycles. The van der Waals surface area contributed by atoms with Crippen LogP contribution in [-0.4, -0.2) is 42.6 Å². The zero-order valence-electron chi connectivity index (χ0n) is 14.9. The molecule has 0 amide bonds. The van der Waals surface area contributed by atoms with Gasteiger partial charge in [0.15, 0.2) is 0 Å². The molecule has 0 spiro atoms. The molecule has 2 aromatic rings. The molecule has 0 aliphatic carbocycles. The summed E-state index contributed by atoms with van der Waals surface area (Å²) in [7, 11) is 0. The van der Waals surface area contributed by atoms with Crippen LogP contribution in [0, 0.1) is 0 Å². The number of ether oxygens (including phenoxy) is 1. The minimum absolute atomic E-state index is 0.0906. The molecule has 28 heavy (non-hydrogen) atoms. The molecule has 2 unspecified atom stereocenters. The lowest BCUT2D eigenvalue weighted by Crippen LogP contribution is -2.51. The lowest BCUT2D eigenvalue weighted by atomic mass is 9.87. The second-order valence-electron chi connectivity index (χ2n) is 6.63. The van der Waals surface area contributed by atoms with E-state index in [4.69, 9.17) is 51.1 Å². The van der Waals surface area contributed by atoms with Crippen LogP contribution >= 0.6 is 46.4 Å². The van der Waals surface area contributed by atoms with Gasteiger partial charge >= 0.3 is 0 Å². The first-order valence-electron chi connectivity index (χ1n) is 8.75. The van der Waals surface area contributed by atoms with Gasteiger partial charge in [0.1, 0.15) is 11.9 Å². The monoisotopic (exact) mass is 461 g/mol. The third kappa shape index (κ3) is 4.34. The number of aldehydes is 1. The Bertz CT molecular complexity index is 839. The fourth-order valence-corrected chi connectivity index (χ4v) is 4.53. The lowest BCUT2D eigenvalue weighted by Gasteiger charge is -2.45. The summed E-state index contributed by atoms with van der Waals surface area (Å²) < 4.78 is 6.12. The second-order valence-corrected chi connectivity index (χ2v) is 8.26. The fraction of sp³-hybridized carbons (Fsp3) is 0.350. The van der Waals surface area contributed by atoms with Gasteiger partial charge in [-0.1, -0.05) is 58.5 Å². The molecule has 0 aromatic heterocycles. The SMILES string of the molecule is O=CC(c1c(Cl)cccc1Cl)N1CCOC(CCO)(c2ccc(Cl)c(Cl)c2)C1. The number of nitrogens with zero attached hydrogens (tertiary/aromatic N) is 1. The van der Waals surface area contributed by atoms with E-state index in [0.29, 0.717) is 51.8 Å².